The molecule has 3 aromatic rings. The van der Waals surface area contributed by atoms with E-state index in [1.807, 2.05) is 24.3 Å². The summed E-state index contributed by atoms with van der Waals surface area (Å²) in [4.78, 5) is 35.1. The van der Waals surface area contributed by atoms with E-state index in [-0.39, 0.29) is 11.3 Å². The van der Waals surface area contributed by atoms with Gasteiger partial charge in [0.2, 0.25) is 5.43 Å². The summed E-state index contributed by atoms with van der Waals surface area (Å²) < 4.78 is 11.1. The van der Waals surface area contributed by atoms with Gasteiger partial charge in [0.05, 0.1) is 42.2 Å². The van der Waals surface area contributed by atoms with Gasteiger partial charge in [-0.2, -0.15) is 0 Å². The van der Waals surface area contributed by atoms with Gasteiger partial charge in [-0.25, -0.2) is 4.98 Å². The number of benzene rings is 1. The number of ether oxygens (including phenoxy) is 2. The number of pyridine rings is 2. The van der Waals surface area contributed by atoms with Crippen LogP contribution < -0.4 is 25.5 Å². The topological polar surface area (TPSA) is 99.8 Å². The Hall–Kier alpha value is -3.59. The van der Waals surface area contributed by atoms with Crippen LogP contribution in [-0.4, -0.2) is 55.3 Å². The number of morpholine rings is 1. The zero-order chi connectivity index (χ0) is 20.5. The van der Waals surface area contributed by atoms with Gasteiger partial charge in [-0.05, 0) is 12.1 Å². The Morgan fingerprint density at radius 3 is 2.80 bits per heavy atom. The molecule has 0 saturated carbocycles. The van der Waals surface area contributed by atoms with Gasteiger partial charge in [-0.3, -0.25) is 20.0 Å². The van der Waals surface area contributed by atoms with Crippen LogP contribution in [0.3, 0.4) is 0 Å². The lowest BCUT2D eigenvalue weighted by atomic mass is 10.1. The quantitative estimate of drug-likeness (QED) is 0.675. The molecule has 1 aromatic carbocycles. The highest BCUT2D eigenvalue weighted by Crippen LogP contribution is 2.31. The molecular formula is C21H21N5O4. The summed E-state index contributed by atoms with van der Waals surface area (Å²) in [6, 6.07) is 8.99. The summed E-state index contributed by atoms with van der Waals surface area (Å²) in [5, 5.41) is 1.78. The van der Waals surface area contributed by atoms with E-state index in [0.717, 1.165) is 11.4 Å². The number of fused-ring (bicyclic) bond motifs is 2. The number of amides is 1. The number of anilines is 2. The fraction of sp³-hybridized carbons (Fsp3) is 0.286. The third-order valence-corrected chi connectivity index (χ3v) is 5.28. The van der Waals surface area contributed by atoms with Crippen LogP contribution in [0.4, 0.5) is 11.4 Å². The Balaban J connectivity index is 1.55. The van der Waals surface area contributed by atoms with E-state index in [9.17, 15) is 9.59 Å². The van der Waals surface area contributed by atoms with Crippen molar-refractivity contribution < 1.29 is 14.3 Å². The van der Waals surface area contributed by atoms with Crippen molar-refractivity contribution in [3.63, 3.8) is 0 Å². The molecule has 5 rings (SSSR count). The summed E-state index contributed by atoms with van der Waals surface area (Å²) in [6.45, 7) is 3.34. The van der Waals surface area contributed by atoms with Gasteiger partial charge >= 0.3 is 0 Å². The molecule has 1 fully saturated rings. The number of carbonyl (C=O) groups is 1. The van der Waals surface area contributed by atoms with Gasteiger partial charge in [0.15, 0.2) is 0 Å². The maximum absolute atomic E-state index is 13.3. The second-order valence-electron chi connectivity index (χ2n) is 7.09. The molecule has 9 nitrogen and oxygen atoms in total. The van der Waals surface area contributed by atoms with Crippen molar-refractivity contribution in [2.24, 2.45) is 0 Å². The first-order chi connectivity index (χ1) is 14.7. The Kier molecular flexibility index (Phi) is 4.72. The van der Waals surface area contributed by atoms with Crippen LogP contribution in [0.25, 0.3) is 11.0 Å². The second-order valence-corrected chi connectivity index (χ2v) is 7.09. The molecule has 2 aromatic heterocycles. The number of hydrogen-bond donors (Lipinski definition) is 2. The van der Waals surface area contributed by atoms with Crippen molar-refractivity contribution in [2.45, 2.75) is 0 Å². The fourth-order valence-electron chi connectivity index (χ4n) is 3.85. The van der Waals surface area contributed by atoms with Gasteiger partial charge in [-0.15, -0.1) is 0 Å². The van der Waals surface area contributed by atoms with E-state index in [2.05, 4.69) is 20.3 Å². The van der Waals surface area contributed by atoms with Gasteiger partial charge in [0, 0.05) is 31.5 Å². The highest BCUT2D eigenvalue weighted by atomic mass is 16.5. The molecule has 1 saturated heterocycles. The lowest BCUT2D eigenvalue weighted by Gasteiger charge is -2.33. The zero-order valence-electron chi connectivity index (χ0n) is 16.3. The van der Waals surface area contributed by atoms with Crippen LogP contribution in [-0.2, 0) is 4.74 Å². The molecule has 0 atom stereocenters. The summed E-state index contributed by atoms with van der Waals surface area (Å²) in [5.41, 5.74) is 5.52. The molecular weight excluding hydrogens is 386 g/mol. The van der Waals surface area contributed by atoms with Crippen LogP contribution >= 0.6 is 0 Å². The molecule has 0 spiro atoms. The summed E-state index contributed by atoms with van der Waals surface area (Å²) in [7, 11) is 0. The highest BCUT2D eigenvalue weighted by Gasteiger charge is 2.26. The van der Waals surface area contributed by atoms with Crippen molar-refractivity contribution in [1.29, 1.82) is 0 Å². The Morgan fingerprint density at radius 1 is 1.10 bits per heavy atom. The number of aromatic nitrogens is 2. The first-order valence-electron chi connectivity index (χ1n) is 9.86. The van der Waals surface area contributed by atoms with Crippen LogP contribution in [0, 0.1) is 0 Å². The van der Waals surface area contributed by atoms with Crippen LogP contribution in [0.15, 0.2) is 47.5 Å². The summed E-state index contributed by atoms with van der Waals surface area (Å²) in [5.74, 6) is 0.422. The lowest BCUT2D eigenvalue weighted by Crippen LogP contribution is -2.47. The number of nitrogens with one attached hydrogen (secondary N) is 2. The van der Waals surface area contributed by atoms with Crippen molar-refractivity contribution in [2.75, 3.05) is 49.4 Å². The van der Waals surface area contributed by atoms with Gasteiger partial charge in [-0.1, -0.05) is 12.1 Å². The molecule has 0 aliphatic carbocycles. The molecule has 0 unspecified atom stereocenters. The molecule has 0 bridgehead atoms. The van der Waals surface area contributed by atoms with Crippen LogP contribution in [0.5, 0.6) is 5.75 Å². The van der Waals surface area contributed by atoms with E-state index in [4.69, 9.17) is 9.47 Å². The Morgan fingerprint density at radius 2 is 1.93 bits per heavy atom. The van der Waals surface area contributed by atoms with E-state index in [0.29, 0.717) is 61.7 Å². The first kappa shape index (κ1) is 18.4. The summed E-state index contributed by atoms with van der Waals surface area (Å²) >= 11 is 0. The lowest BCUT2D eigenvalue weighted by molar-refractivity contribution is 0.0943. The minimum atomic E-state index is -0.299. The number of para-hydroxylation sites is 2. The fourth-order valence-corrected chi connectivity index (χ4v) is 3.85. The zero-order valence-corrected chi connectivity index (χ0v) is 16.3. The van der Waals surface area contributed by atoms with Crippen molar-refractivity contribution in [3.05, 3.63) is 58.5 Å². The largest absolute Gasteiger partial charge is 0.489 e. The van der Waals surface area contributed by atoms with Crippen molar-refractivity contribution >= 4 is 28.3 Å². The Bertz CT molecular complexity index is 1160. The average molecular weight is 407 g/mol. The molecule has 2 N–H and O–H groups in total. The van der Waals surface area contributed by atoms with E-state index >= 15 is 0 Å². The number of hydrazine groups is 1. The molecule has 30 heavy (non-hydrogen) atoms. The van der Waals surface area contributed by atoms with E-state index < -0.39 is 0 Å². The standard InChI is InChI=1S/C21H21N5O4/c27-16-5-6-22-19-18(16)23-13-14(20(19)25-7-10-29-11-8-25)21(28)24-26-9-12-30-17-4-2-1-3-15(17)26/h1-6,13H,7-12H2,(H,22,27)(H,24,28). The van der Waals surface area contributed by atoms with Crippen molar-refractivity contribution in [3.8, 4) is 5.75 Å². The molecule has 2 aliphatic rings. The number of hydrogen-bond acceptors (Lipinski definition) is 7. The maximum Gasteiger partial charge on any atom is 0.273 e. The highest BCUT2D eigenvalue weighted by molar-refractivity contribution is 6.06. The Labute approximate surface area is 172 Å². The van der Waals surface area contributed by atoms with Gasteiger partial charge in [0.1, 0.15) is 17.9 Å². The summed E-state index contributed by atoms with van der Waals surface area (Å²) in [6.07, 6.45) is 3.06. The first-order valence-corrected chi connectivity index (χ1v) is 9.86. The number of nitrogens with zero attached hydrogens (tertiary/aromatic N) is 3. The normalized spacial score (nSPS) is 16.1. The molecule has 2 aliphatic heterocycles. The maximum atomic E-state index is 13.3. The third-order valence-electron chi connectivity index (χ3n) is 5.28. The smallest absolute Gasteiger partial charge is 0.273 e. The van der Waals surface area contributed by atoms with Gasteiger partial charge < -0.3 is 19.4 Å². The number of carbonyl (C=O) groups excluding carboxylic acids is 1. The molecule has 154 valence electrons. The van der Waals surface area contributed by atoms with Crippen LogP contribution in [0.2, 0.25) is 0 Å². The number of H-pyrrole nitrogens is 1. The number of rotatable bonds is 3. The van der Waals surface area contributed by atoms with Crippen molar-refractivity contribution in [1.82, 2.24) is 15.4 Å². The minimum Gasteiger partial charge on any atom is -0.489 e. The SMILES string of the molecule is O=C(NN1CCOc2ccccc21)c1cnc2c(=O)cc[nH]c2c1N1CCOCC1. The van der Waals surface area contributed by atoms with E-state index in [1.165, 1.54) is 12.3 Å². The second kappa shape index (κ2) is 7.68. The predicted molar refractivity (Wildman–Crippen MR) is 112 cm³/mol. The molecule has 0 radical (unpaired) electrons. The number of aromatic amines is 1. The van der Waals surface area contributed by atoms with E-state index in [1.54, 1.807) is 11.2 Å². The predicted octanol–water partition coefficient (Wildman–Crippen LogP) is 1.30. The monoisotopic (exact) mass is 407 g/mol. The minimum absolute atomic E-state index is 0.188. The molecule has 4 heterocycles. The molecule has 1 amide bonds. The van der Waals surface area contributed by atoms with Crippen LogP contribution in [0.1, 0.15) is 10.4 Å². The van der Waals surface area contributed by atoms with Gasteiger partial charge in [0.25, 0.3) is 5.91 Å². The average Bonchev–Trinajstić information content (AvgIpc) is 2.79. The third kappa shape index (κ3) is 3.22. The molecule has 9 heteroatoms.